The van der Waals surface area contributed by atoms with E-state index in [1.54, 1.807) is 20.3 Å². The summed E-state index contributed by atoms with van der Waals surface area (Å²) < 4.78 is 15.8. The maximum absolute atomic E-state index is 6.31. The molecule has 94 valence electrons. The minimum Gasteiger partial charge on any atom is -0.497 e. The van der Waals surface area contributed by atoms with E-state index in [1.807, 2.05) is 6.07 Å². The van der Waals surface area contributed by atoms with Crippen LogP contribution >= 0.6 is 11.6 Å². The van der Waals surface area contributed by atoms with Crippen molar-refractivity contribution in [3.05, 3.63) is 17.2 Å². The van der Waals surface area contributed by atoms with Gasteiger partial charge in [0.2, 0.25) is 0 Å². The van der Waals surface area contributed by atoms with Crippen LogP contribution in [0.15, 0.2) is 12.1 Å². The van der Waals surface area contributed by atoms with Crippen molar-refractivity contribution < 1.29 is 14.2 Å². The average molecular weight is 258 g/mol. The summed E-state index contributed by atoms with van der Waals surface area (Å²) in [5.74, 6) is 1.38. The summed E-state index contributed by atoms with van der Waals surface area (Å²) >= 11 is 6.31. The van der Waals surface area contributed by atoms with Gasteiger partial charge in [-0.25, -0.2) is 0 Å². The zero-order chi connectivity index (χ0) is 12.3. The molecule has 17 heavy (non-hydrogen) atoms. The van der Waals surface area contributed by atoms with E-state index in [0.717, 1.165) is 37.7 Å². The Bertz CT molecular complexity index is 392. The Morgan fingerprint density at radius 2 is 1.88 bits per heavy atom. The first kappa shape index (κ1) is 12.3. The molecule has 0 radical (unpaired) electrons. The van der Waals surface area contributed by atoms with Crippen molar-refractivity contribution in [3.63, 3.8) is 0 Å². The van der Waals surface area contributed by atoms with Crippen LogP contribution in [0.5, 0.6) is 11.5 Å². The molecule has 0 atom stereocenters. The smallest absolute Gasteiger partial charge is 0.143 e. The first-order valence-corrected chi connectivity index (χ1v) is 5.88. The van der Waals surface area contributed by atoms with Crippen molar-refractivity contribution in [2.45, 2.75) is 0 Å². The molecule has 1 aliphatic rings. The predicted molar refractivity (Wildman–Crippen MR) is 67.6 cm³/mol. The fraction of sp³-hybridized carbons (Fsp3) is 0.500. The lowest BCUT2D eigenvalue weighted by Gasteiger charge is -2.30. The van der Waals surface area contributed by atoms with Gasteiger partial charge in [-0.3, -0.25) is 0 Å². The van der Waals surface area contributed by atoms with E-state index in [2.05, 4.69) is 4.90 Å². The number of morpholine rings is 1. The minimum atomic E-state index is 0.621. The normalized spacial score (nSPS) is 15.8. The third-order valence-corrected chi connectivity index (χ3v) is 3.18. The Morgan fingerprint density at radius 3 is 2.47 bits per heavy atom. The first-order chi connectivity index (χ1) is 8.26. The molecule has 0 bridgehead atoms. The van der Waals surface area contributed by atoms with Crippen LogP contribution in [0.3, 0.4) is 0 Å². The third kappa shape index (κ3) is 2.58. The van der Waals surface area contributed by atoms with Crippen LogP contribution in [-0.2, 0) is 4.74 Å². The molecule has 1 saturated heterocycles. The topological polar surface area (TPSA) is 30.9 Å². The van der Waals surface area contributed by atoms with E-state index in [0.29, 0.717) is 10.8 Å². The molecule has 0 aliphatic carbocycles. The fourth-order valence-corrected chi connectivity index (χ4v) is 2.17. The van der Waals surface area contributed by atoms with Crippen molar-refractivity contribution >= 4 is 17.3 Å². The van der Waals surface area contributed by atoms with Crippen LogP contribution in [0.25, 0.3) is 0 Å². The molecule has 1 fully saturated rings. The molecule has 2 rings (SSSR count). The Hall–Kier alpha value is -1.13. The van der Waals surface area contributed by atoms with Crippen LogP contribution in [0, 0.1) is 0 Å². The van der Waals surface area contributed by atoms with E-state index in [9.17, 15) is 0 Å². The number of rotatable bonds is 3. The summed E-state index contributed by atoms with van der Waals surface area (Å²) in [6.07, 6.45) is 0. The fourth-order valence-electron chi connectivity index (χ4n) is 1.86. The lowest BCUT2D eigenvalue weighted by molar-refractivity contribution is 0.122. The molecule has 0 aromatic heterocycles. The van der Waals surface area contributed by atoms with E-state index in [4.69, 9.17) is 25.8 Å². The lowest BCUT2D eigenvalue weighted by Crippen LogP contribution is -2.36. The van der Waals surface area contributed by atoms with E-state index < -0.39 is 0 Å². The van der Waals surface area contributed by atoms with E-state index in [-0.39, 0.29) is 0 Å². The van der Waals surface area contributed by atoms with Crippen molar-refractivity contribution in [2.24, 2.45) is 0 Å². The number of hydrogen-bond acceptors (Lipinski definition) is 4. The summed E-state index contributed by atoms with van der Waals surface area (Å²) in [5.41, 5.74) is 0.936. The monoisotopic (exact) mass is 257 g/mol. The van der Waals surface area contributed by atoms with E-state index in [1.165, 1.54) is 0 Å². The molecule has 5 heteroatoms. The Kier molecular flexibility index (Phi) is 3.97. The Balaban J connectivity index is 2.36. The van der Waals surface area contributed by atoms with Gasteiger partial charge in [-0.05, 0) is 0 Å². The van der Waals surface area contributed by atoms with Gasteiger partial charge in [-0.1, -0.05) is 11.6 Å². The van der Waals surface area contributed by atoms with Gasteiger partial charge in [-0.2, -0.15) is 0 Å². The lowest BCUT2D eigenvalue weighted by atomic mass is 10.2. The number of hydrogen-bond donors (Lipinski definition) is 0. The van der Waals surface area contributed by atoms with Gasteiger partial charge in [0.1, 0.15) is 16.5 Å². The zero-order valence-corrected chi connectivity index (χ0v) is 10.8. The molecule has 1 heterocycles. The van der Waals surface area contributed by atoms with Crippen LogP contribution in [-0.4, -0.2) is 40.5 Å². The average Bonchev–Trinajstić information content (AvgIpc) is 2.40. The van der Waals surface area contributed by atoms with Gasteiger partial charge < -0.3 is 19.1 Å². The molecule has 1 aromatic carbocycles. The summed E-state index contributed by atoms with van der Waals surface area (Å²) in [6, 6.07) is 3.71. The van der Waals surface area contributed by atoms with Crippen molar-refractivity contribution in [2.75, 3.05) is 45.4 Å². The number of benzene rings is 1. The van der Waals surface area contributed by atoms with Crippen LogP contribution in [0.4, 0.5) is 5.69 Å². The highest BCUT2D eigenvalue weighted by atomic mass is 35.5. The molecule has 1 aliphatic heterocycles. The van der Waals surface area contributed by atoms with Gasteiger partial charge in [0.15, 0.2) is 0 Å². The molecular weight excluding hydrogens is 242 g/mol. The van der Waals surface area contributed by atoms with Crippen LogP contribution < -0.4 is 14.4 Å². The number of nitrogens with zero attached hydrogens (tertiary/aromatic N) is 1. The van der Waals surface area contributed by atoms with Crippen molar-refractivity contribution in [1.29, 1.82) is 0 Å². The highest BCUT2D eigenvalue weighted by molar-refractivity contribution is 6.34. The van der Waals surface area contributed by atoms with Crippen LogP contribution in [0.1, 0.15) is 0 Å². The molecule has 4 nitrogen and oxygen atoms in total. The molecule has 0 amide bonds. The summed E-state index contributed by atoms with van der Waals surface area (Å²) in [4.78, 5) is 2.18. The standard InChI is InChI=1S/C12H16ClNO3/c1-15-9-7-10(12(13)11(8-9)16-2)14-3-5-17-6-4-14/h7-8H,3-6H2,1-2H3. The summed E-state index contributed by atoms with van der Waals surface area (Å²) in [7, 11) is 3.23. The number of ether oxygens (including phenoxy) is 3. The second kappa shape index (κ2) is 5.47. The maximum Gasteiger partial charge on any atom is 0.143 e. The van der Waals surface area contributed by atoms with Gasteiger partial charge in [0, 0.05) is 25.2 Å². The maximum atomic E-state index is 6.31. The molecule has 0 spiro atoms. The highest BCUT2D eigenvalue weighted by Gasteiger charge is 2.18. The zero-order valence-electron chi connectivity index (χ0n) is 10.0. The van der Waals surface area contributed by atoms with Crippen molar-refractivity contribution in [3.8, 4) is 11.5 Å². The van der Waals surface area contributed by atoms with Gasteiger partial charge in [0.25, 0.3) is 0 Å². The second-order valence-electron chi connectivity index (χ2n) is 3.76. The second-order valence-corrected chi connectivity index (χ2v) is 4.14. The number of methoxy groups -OCH3 is 2. The van der Waals surface area contributed by atoms with Crippen molar-refractivity contribution in [1.82, 2.24) is 0 Å². The quantitative estimate of drug-likeness (QED) is 0.831. The molecule has 0 unspecified atom stereocenters. The van der Waals surface area contributed by atoms with Gasteiger partial charge in [-0.15, -0.1) is 0 Å². The molecule has 1 aromatic rings. The summed E-state index contributed by atoms with van der Waals surface area (Å²) in [5, 5.41) is 0.621. The minimum absolute atomic E-state index is 0.621. The van der Waals surface area contributed by atoms with Crippen LogP contribution in [0.2, 0.25) is 5.02 Å². The number of halogens is 1. The Morgan fingerprint density at radius 1 is 1.18 bits per heavy atom. The molecular formula is C12H16ClNO3. The molecule has 0 saturated carbocycles. The highest BCUT2D eigenvalue weighted by Crippen LogP contribution is 2.38. The van der Waals surface area contributed by atoms with Gasteiger partial charge in [0.05, 0.1) is 33.1 Å². The van der Waals surface area contributed by atoms with E-state index >= 15 is 0 Å². The van der Waals surface area contributed by atoms with Gasteiger partial charge >= 0.3 is 0 Å². The third-order valence-electron chi connectivity index (χ3n) is 2.80. The number of anilines is 1. The largest absolute Gasteiger partial charge is 0.497 e. The first-order valence-electron chi connectivity index (χ1n) is 5.50. The SMILES string of the molecule is COc1cc(OC)c(Cl)c(N2CCOCC2)c1. The molecule has 0 N–H and O–H groups in total. The Labute approximate surface area is 106 Å². The summed E-state index contributed by atoms with van der Waals surface area (Å²) in [6.45, 7) is 3.10. The predicted octanol–water partition coefficient (Wildman–Crippen LogP) is 2.19.